The molecule has 6 aromatic rings. The smallest absolute Gasteiger partial charge is 0.664 e. The maximum absolute atomic E-state index is 5.50. The Hall–Kier alpha value is -4.67. The van der Waals surface area contributed by atoms with E-state index in [0.29, 0.717) is 0 Å². The van der Waals surface area contributed by atoms with Crippen LogP contribution >= 0.6 is 0 Å². The molecule has 0 saturated carbocycles. The molecule has 3 aliphatic heterocycles. The minimum absolute atomic E-state index is 0. The molecule has 49 heavy (non-hydrogen) atoms. The Morgan fingerprint density at radius 3 is 0.755 bits per heavy atom. The van der Waals surface area contributed by atoms with E-state index in [1.54, 1.807) is 0 Å². The third-order valence-corrected chi connectivity index (χ3v) is 10.5. The Balaban J connectivity index is 0.00000348. The maximum Gasteiger partial charge on any atom is 2.00 e. The van der Waals surface area contributed by atoms with Gasteiger partial charge in [0.2, 0.25) is 0 Å². The Kier molecular flexibility index (Phi) is 8.82. The van der Waals surface area contributed by atoms with E-state index >= 15 is 0 Å². The Morgan fingerprint density at radius 1 is 0.306 bits per heavy atom. The Bertz CT molecular complexity index is 1740. The van der Waals surface area contributed by atoms with Crippen LogP contribution in [0, 0.1) is 0 Å². The molecule has 5 heteroatoms. The van der Waals surface area contributed by atoms with Crippen molar-refractivity contribution in [3.63, 3.8) is 0 Å². The average Bonchev–Trinajstić information content (AvgIpc) is 3.98. The summed E-state index contributed by atoms with van der Waals surface area (Å²) in [4.78, 5) is 11.0. The number of hydrogen-bond donors (Lipinski definition) is 2. The fourth-order valence-corrected chi connectivity index (χ4v) is 8.35. The van der Waals surface area contributed by atoms with Gasteiger partial charge < -0.3 is 20.6 Å². The normalized spacial score (nSPS) is 27.1. The van der Waals surface area contributed by atoms with Gasteiger partial charge in [0.15, 0.2) is 0 Å². The largest absolute Gasteiger partial charge is 2.00 e. The second-order valence-electron chi connectivity index (χ2n) is 13.3. The molecule has 0 amide bonds. The van der Waals surface area contributed by atoms with Crippen LogP contribution in [0.25, 0.3) is 0 Å². The van der Waals surface area contributed by atoms with Crippen molar-refractivity contribution in [3.8, 4) is 0 Å². The standard InChI is InChI=1S/C44H38N4.Ni/c1-5-13-29(14-6-1)41-33-21-23-35(45-33)42(30-15-7-2-8-16-30)37-25-27-39(47-37)44(32-19-11-4-12-20-32)40-28-26-38(48-40)43(31-17-9-3-10-18-31)36-24-22-34(41)46-36;/h1-28,33,35,38,40-45,48H;/q-2;+2. The number of nitrogens with zero attached hydrogens (tertiary/aromatic N) is 2. The molecule has 2 aromatic heterocycles. The van der Waals surface area contributed by atoms with E-state index in [1.807, 2.05) is 0 Å². The van der Waals surface area contributed by atoms with E-state index in [1.165, 1.54) is 22.3 Å². The molecule has 5 heterocycles. The van der Waals surface area contributed by atoms with E-state index in [0.717, 1.165) is 22.8 Å². The van der Waals surface area contributed by atoms with Gasteiger partial charge in [0.1, 0.15) is 0 Å². The predicted octanol–water partition coefficient (Wildman–Crippen LogP) is 7.63. The van der Waals surface area contributed by atoms with Gasteiger partial charge in [-0.1, -0.05) is 170 Å². The second kappa shape index (κ2) is 13.7. The molecule has 4 aromatic carbocycles. The molecule has 4 nitrogen and oxygen atoms in total. The van der Waals surface area contributed by atoms with Crippen molar-refractivity contribution in [1.82, 2.24) is 20.6 Å². The van der Waals surface area contributed by atoms with E-state index in [9.17, 15) is 0 Å². The third kappa shape index (κ3) is 5.97. The first kappa shape index (κ1) is 31.6. The number of fused-ring (bicyclic) bond motifs is 8. The predicted molar refractivity (Wildman–Crippen MR) is 192 cm³/mol. The van der Waals surface area contributed by atoms with Crippen LogP contribution in [0.4, 0.5) is 0 Å². The summed E-state index contributed by atoms with van der Waals surface area (Å²) in [6.45, 7) is 0. The maximum atomic E-state index is 5.50. The summed E-state index contributed by atoms with van der Waals surface area (Å²) in [6, 6.07) is 52.7. The first-order chi connectivity index (χ1) is 23.8. The summed E-state index contributed by atoms with van der Waals surface area (Å²) in [6.07, 6.45) is 9.45. The van der Waals surface area contributed by atoms with Gasteiger partial charge in [0.05, 0.1) is 0 Å². The van der Waals surface area contributed by atoms with Gasteiger partial charge in [-0.2, -0.15) is 22.8 Å². The van der Waals surface area contributed by atoms with Crippen LogP contribution in [-0.2, 0) is 16.5 Å². The van der Waals surface area contributed by atoms with Gasteiger partial charge in [-0.15, -0.1) is 0 Å². The van der Waals surface area contributed by atoms with Gasteiger partial charge in [-0.05, 0) is 22.3 Å². The van der Waals surface area contributed by atoms with Crippen LogP contribution in [0.2, 0.25) is 0 Å². The second-order valence-corrected chi connectivity index (χ2v) is 13.3. The van der Waals surface area contributed by atoms with Crippen molar-refractivity contribution >= 4 is 0 Å². The van der Waals surface area contributed by atoms with Gasteiger partial charge >= 0.3 is 16.5 Å². The first-order valence-electron chi connectivity index (χ1n) is 17.2. The van der Waals surface area contributed by atoms with Crippen molar-refractivity contribution in [2.24, 2.45) is 0 Å². The fraction of sp³-hybridized carbons (Fsp3) is 0.182. The minimum Gasteiger partial charge on any atom is -0.664 e. The van der Waals surface area contributed by atoms with E-state index in [2.05, 4.69) is 181 Å². The summed E-state index contributed by atoms with van der Waals surface area (Å²) in [5.74, 6) is 0.250. The zero-order valence-electron chi connectivity index (χ0n) is 27.0. The molecular weight excluding hydrogens is 643 g/mol. The quantitative estimate of drug-likeness (QED) is 0.149. The number of aromatic nitrogens is 2. The number of hydrogen-bond acceptors (Lipinski definition) is 2. The third-order valence-electron chi connectivity index (χ3n) is 10.5. The van der Waals surface area contributed by atoms with Crippen LogP contribution in [0.3, 0.4) is 0 Å². The molecule has 0 fully saturated rings. The van der Waals surface area contributed by atoms with E-state index in [-0.39, 0.29) is 64.3 Å². The molecule has 8 unspecified atom stereocenters. The zero-order valence-corrected chi connectivity index (χ0v) is 28.0. The molecule has 244 valence electrons. The Morgan fingerprint density at radius 2 is 0.531 bits per heavy atom. The van der Waals surface area contributed by atoms with Gasteiger partial charge in [0.25, 0.3) is 0 Å². The van der Waals surface area contributed by atoms with Crippen LogP contribution < -0.4 is 20.6 Å². The van der Waals surface area contributed by atoms with E-state index < -0.39 is 0 Å². The zero-order chi connectivity index (χ0) is 31.9. The fourth-order valence-electron chi connectivity index (χ4n) is 8.35. The van der Waals surface area contributed by atoms with Crippen LogP contribution in [0.1, 0.15) is 68.7 Å². The minimum atomic E-state index is 0. The monoisotopic (exact) mass is 680 g/mol. The molecule has 8 bridgehead atoms. The molecule has 9 rings (SSSR count). The van der Waals surface area contributed by atoms with Crippen molar-refractivity contribution in [2.75, 3.05) is 0 Å². The summed E-state index contributed by atoms with van der Waals surface area (Å²) < 4.78 is 0. The number of benzene rings is 4. The molecule has 0 saturated heterocycles. The van der Waals surface area contributed by atoms with Gasteiger partial charge in [-0.3, -0.25) is 0 Å². The van der Waals surface area contributed by atoms with Gasteiger partial charge in [0, 0.05) is 47.8 Å². The molecule has 0 radical (unpaired) electrons. The van der Waals surface area contributed by atoms with Crippen LogP contribution in [0.5, 0.6) is 0 Å². The SMILES string of the molecule is C1=CC2NC1C(c1ccccc1)c1ccc([n-]1)C(c1ccccc1)C1C=CC(N1)C(c1ccccc1)c1ccc([n-]1)C2c1ccccc1.[Ni+2]. The van der Waals surface area contributed by atoms with Crippen LogP contribution in [-0.4, -0.2) is 24.2 Å². The molecule has 8 atom stereocenters. The van der Waals surface area contributed by atoms with Crippen molar-refractivity contribution in [1.29, 1.82) is 0 Å². The summed E-state index contributed by atoms with van der Waals surface area (Å²) >= 11 is 0. The average molecular weight is 682 g/mol. The molecule has 0 spiro atoms. The topological polar surface area (TPSA) is 52.3 Å². The van der Waals surface area contributed by atoms with Gasteiger partial charge in [-0.25, -0.2) is 0 Å². The van der Waals surface area contributed by atoms with E-state index in [4.69, 9.17) is 9.97 Å². The van der Waals surface area contributed by atoms with Crippen molar-refractivity contribution < 1.29 is 16.5 Å². The summed E-state index contributed by atoms with van der Waals surface area (Å²) in [5.41, 5.74) is 9.42. The van der Waals surface area contributed by atoms with Crippen molar-refractivity contribution in [3.05, 3.63) is 215 Å². The Labute approximate surface area is 298 Å². The molecule has 3 aliphatic rings. The summed E-state index contributed by atoms with van der Waals surface area (Å²) in [5, 5.41) is 8.13. The summed E-state index contributed by atoms with van der Waals surface area (Å²) in [7, 11) is 0. The molecule has 0 aliphatic carbocycles. The van der Waals surface area contributed by atoms with Crippen LogP contribution in [0.15, 0.2) is 170 Å². The molecular formula is C44H38N4Ni. The number of rotatable bonds is 4. The van der Waals surface area contributed by atoms with Crippen molar-refractivity contribution in [2.45, 2.75) is 47.8 Å². The molecule has 2 N–H and O–H groups in total. The number of nitrogens with one attached hydrogen (secondary N) is 2. The first-order valence-corrected chi connectivity index (χ1v) is 17.2.